The number of Topliss-reactive ketones (excluding diaryl/α,β-unsaturated/α-hetero) is 1. The molecular weight excluding hydrogens is 330 g/mol. The third kappa shape index (κ3) is 3.29. The summed E-state index contributed by atoms with van der Waals surface area (Å²) in [6, 6.07) is 1.91. The lowest BCUT2D eigenvalue weighted by Crippen LogP contribution is -2.44. The maximum atomic E-state index is 12.8. The van der Waals surface area contributed by atoms with Crippen LogP contribution in [0.5, 0.6) is 0 Å². The molecule has 2 aliphatic rings. The molecule has 1 aromatic rings. The lowest BCUT2D eigenvalue weighted by Gasteiger charge is -2.22. The second-order valence-electron chi connectivity index (χ2n) is 8.40. The molecule has 1 aliphatic carbocycles. The van der Waals surface area contributed by atoms with E-state index in [1.807, 2.05) is 19.9 Å². The Morgan fingerprint density at radius 1 is 1.31 bits per heavy atom. The average molecular weight is 359 g/mol. The van der Waals surface area contributed by atoms with Crippen molar-refractivity contribution in [2.75, 3.05) is 6.54 Å². The number of carbonyl (C=O) groups is 3. The van der Waals surface area contributed by atoms with Crippen molar-refractivity contribution >= 4 is 17.7 Å². The van der Waals surface area contributed by atoms with Crippen molar-refractivity contribution in [3.63, 3.8) is 0 Å². The van der Waals surface area contributed by atoms with Crippen LogP contribution in [0.25, 0.3) is 0 Å². The van der Waals surface area contributed by atoms with Crippen molar-refractivity contribution in [3.05, 3.63) is 23.0 Å². The number of nitrogens with zero attached hydrogens (tertiary/aromatic N) is 2. The van der Waals surface area contributed by atoms with Gasteiger partial charge in [-0.15, -0.1) is 0 Å². The Balaban J connectivity index is 1.74. The molecule has 6 heteroatoms. The Morgan fingerprint density at radius 2 is 1.96 bits per heavy atom. The molecule has 2 heterocycles. The molecule has 0 spiro atoms. The quantitative estimate of drug-likeness (QED) is 0.599. The topological polar surface area (TPSA) is 71.4 Å². The molecule has 1 unspecified atom stereocenters. The van der Waals surface area contributed by atoms with E-state index in [0.29, 0.717) is 23.9 Å². The van der Waals surface area contributed by atoms with E-state index in [-0.39, 0.29) is 18.2 Å². The Hall–Kier alpha value is -2.11. The summed E-state index contributed by atoms with van der Waals surface area (Å²) in [6.07, 6.45) is 3.71. The smallest absolute Gasteiger partial charge is 0.325 e. The Bertz CT molecular complexity index is 761. The van der Waals surface area contributed by atoms with Crippen molar-refractivity contribution in [1.29, 1.82) is 0 Å². The lowest BCUT2D eigenvalue weighted by molar-refractivity contribution is -0.130. The molecule has 142 valence electrons. The van der Waals surface area contributed by atoms with Crippen LogP contribution in [-0.2, 0) is 4.79 Å². The number of aromatic nitrogens is 1. The molecule has 0 aromatic carbocycles. The number of carbonyl (C=O) groups excluding carboxylic acids is 3. The minimum Gasteiger partial charge on any atom is -0.345 e. The van der Waals surface area contributed by atoms with Crippen LogP contribution in [0, 0.1) is 19.8 Å². The van der Waals surface area contributed by atoms with E-state index < -0.39 is 11.6 Å². The molecule has 1 aliphatic heterocycles. The number of amides is 3. The molecule has 3 amide bonds. The van der Waals surface area contributed by atoms with Crippen LogP contribution in [0.3, 0.4) is 0 Å². The van der Waals surface area contributed by atoms with Gasteiger partial charge in [0.05, 0.1) is 6.54 Å². The first-order chi connectivity index (χ1) is 12.1. The number of nitrogens with one attached hydrogen (secondary N) is 1. The maximum Gasteiger partial charge on any atom is 0.325 e. The molecule has 1 atom stereocenters. The summed E-state index contributed by atoms with van der Waals surface area (Å²) in [7, 11) is 0. The summed E-state index contributed by atoms with van der Waals surface area (Å²) < 4.78 is 2.20. The fourth-order valence-electron chi connectivity index (χ4n) is 3.82. The Labute approximate surface area is 154 Å². The van der Waals surface area contributed by atoms with Crippen LogP contribution in [0.1, 0.15) is 74.2 Å². The third-order valence-corrected chi connectivity index (χ3v) is 5.57. The van der Waals surface area contributed by atoms with Crippen LogP contribution >= 0.6 is 0 Å². The molecule has 6 nitrogen and oxygen atoms in total. The van der Waals surface area contributed by atoms with Gasteiger partial charge in [0, 0.05) is 23.0 Å². The number of hydrogen-bond donors (Lipinski definition) is 1. The third-order valence-electron chi connectivity index (χ3n) is 5.57. The van der Waals surface area contributed by atoms with E-state index in [2.05, 4.69) is 23.7 Å². The molecule has 26 heavy (non-hydrogen) atoms. The fourth-order valence-corrected chi connectivity index (χ4v) is 3.82. The molecule has 0 bridgehead atoms. The fraction of sp³-hybridized carbons (Fsp3) is 0.650. The number of rotatable bonds is 7. The predicted molar refractivity (Wildman–Crippen MR) is 99.2 cm³/mol. The van der Waals surface area contributed by atoms with Gasteiger partial charge in [0.25, 0.3) is 5.91 Å². The molecule has 1 aromatic heterocycles. The van der Waals surface area contributed by atoms with Crippen molar-refractivity contribution < 1.29 is 14.4 Å². The van der Waals surface area contributed by atoms with Gasteiger partial charge >= 0.3 is 6.03 Å². The Morgan fingerprint density at radius 3 is 2.54 bits per heavy atom. The molecule has 1 N–H and O–H groups in total. The average Bonchev–Trinajstić information content (AvgIpc) is 3.31. The molecule has 3 rings (SSSR count). The highest BCUT2D eigenvalue weighted by Gasteiger charge is 2.48. The SMILES string of the molecule is Cc1cc(C(=O)CN2C(=O)NC(C)(CCC(C)C)C2=O)c(C)n1C1CC1. The van der Waals surface area contributed by atoms with Gasteiger partial charge in [0.2, 0.25) is 0 Å². The van der Waals surface area contributed by atoms with E-state index in [1.54, 1.807) is 6.92 Å². The number of hydrogen-bond acceptors (Lipinski definition) is 3. The van der Waals surface area contributed by atoms with Gasteiger partial charge in [0.1, 0.15) is 5.54 Å². The van der Waals surface area contributed by atoms with Gasteiger partial charge < -0.3 is 9.88 Å². The molecule has 1 saturated carbocycles. The van der Waals surface area contributed by atoms with Crippen LogP contribution in [0.4, 0.5) is 4.79 Å². The van der Waals surface area contributed by atoms with Crippen molar-refractivity contribution in [1.82, 2.24) is 14.8 Å². The number of aryl methyl sites for hydroxylation is 1. The first kappa shape index (κ1) is 18.7. The first-order valence-electron chi connectivity index (χ1n) is 9.50. The maximum absolute atomic E-state index is 12.8. The van der Waals surface area contributed by atoms with Crippen molar-refractivity contribution in [3.8, 4) is 0 Å². The lowest BCUT2D eigenvalue weighted by atomic mass is 9.92. The standard InChI is InChI=1S/C20H29N3O3/c1-12(2)8-9-20(5)18(25)22(19(26)21-20)11-17(24)16-10-13(3)23(14(16)4)15-6-7-15/h10,12,15H,6-9,11H2,1-5H3,(H,21,26). The normalized spacial score (nSPS) is 23.1. The summed E-state index contributed by atoms with van der Waals surface area (Å²) in [5.41, 5.74) is 1.70. The zero-order valence-corrected chi connectivity index (χ0v) is 16.4. The van der Waals surface area contributed by atoms with Gasteiger partial charge in [-0.3, -0.25) is 14.5 Å². The van der Waals surface area contributed by atoms with E-state index in [1.165, 1.54) is 0 Å². The first-order valence-corrected chi connectivity index (χ1v) is 9.50. The summed E-state index contributed by atoms with van der Waals surface area (Å²) in [6.45, 7) is 9.66. The zero-order valence-electron chi connectivity index (χ0n) is 16.4. The van der Waals surface area contributed by atoms with Gasteiger partial charge in [-0.05, 0) is 58.4 Å². The number of ketones is 1. The van der Waals surface area contributed by atoms with E-state index in [4.69, 9.17) is 0 Å². The minimum atomic E-state index is -0.910. The molecule has 0 radical (unpaired) electrons. The van der Waals surface area contributed by atoms with Crippen LogP contribution in [0.15, 0.2) is 6.07 Å². The molecule has 1 saturated heterocycles. The zero-order chi connectivity index (χ0) is 19.2. The van der Waals surface area contributed by atoms with Crippen LogP contribution in [0.2, 0.25) is 0 Å². The van der Waals surface area contributed by atoms with Crippen molar-refractivity contribution in [2.45, 2.75) is 71.9 Å². The second-order valence-corrected chi connectivity index (χ2v) is 8.40. The second kappa shape index (κ2) is 6.56. The number of imide groups is 1. The monoisotopic (exact) mass is 359 g/mol. The van der Waals surface area contributed by atoms with Gasteiger partial charge in [-0.1, -0.05) is 13.8 Å². The summed E-state index contributed by atoms with van der Waals surface area (Å²) in [5.74, 6) is -0.0332. The van der Waals surface area contributed by atoms with E-state index in [9.17, 15) is 14.4 Å². The van der Waals surface area contributed by atoms with Crippen LogP contribution in [-0.4, -0.2) is 39.3 Å². The van der Waals surface area contributed by atoms with Crippen molar-refractivity contribution in [2.24, 2.45) is 5.92 Å². The minimum absolute atomic E-state index is 0.179. The highest BCUT2D eigenvalue weighted by molar-refractivity contribution is 6.11. The number of urea groups is 1. The van der Waals surface area contributed by atoms with Crippen LogP contribution < -0.4 is 5.32 Å². The largest absolute Gasteiger partial charge is 0.345 e. The van der Waals surface area contributed by atoms with Gasteiger partial charge in [-0.25, -0.2) is 4.79 Å². The molecular formula is C20H29N3O3. The van der Waals surface area contributed by atoms with E-state index >= 15 is 0 Å². The summed E-state index contributed by atoms with van der Waals surface area (Å²) in [4.78, 5) is 39.0. The predicted octanol–water partition coefficient (Wildman–Crippen LogP) is 3.37. The highest BCUT2D eigenvalue weighted by atomic mass is 16.2. The Kier molecular flexibility index (Phi) is 4.71. The molecule has 2 fully saturated rings. The van der Waals surface area contributed by atoms with Gasteiger partial charge in [-0.2, -0.15) is 0 Å². The van der Waals surface area contributed by atoms with Gasteiger partial charge in [0.15, 0.2) is 5.78 Å². The highest BCUT2D eigenvalue weighted by Crippen LogP contribution is 2.38. The van der Waals surface area contributed by atoms with E-state index in [0.717, 1.165) is 35.6 Å². The summed E-state index contributed by atoms with van der Waals surface area (Å²) >= 11 is 0. The summed E-state index contributed by atoms with van der Waals surface area (Å²) in [5, 5.41) is 2.78.